The summed E-state index contributed by atoms with van der Waals surface area (Å²) in [5.74, 6) is 0.833. The first-order chi connectivity index (χ1) is 5.24. The number of anilines is 1. The molecular formula is C7H14N4. The topological polar surface area (TPSA) is 42.7 Å². The quantitative estimate of drug-likeness (QED) is 0.707. The number of rotatable bonds is 3. The molecule has 0 saturated carbocycles. The highest BCUT2D eigenvalue weighted by Gasteiger charge is 2.02. The molecule has 0 bridgehead atoms. The number of nitrogens with one attached hydrogen (secondary N) is 1. The Morgan fingerprint density at radius 2 is 2.45 bits per heavy atom. The molecule has 0 fully saturated rings. The van der Waals surface area contributed by atoms with Crippen LogP contribution in [0.15, 0.2) is 6.33 Å². The largest absolute Gasteiger partial charge is 0.352 e. The molecule has 0 radical (unpaired) electrons. The highest BCUT2D eigenvalue weighted by Crippen LogP contribution is 2.02. The Bertz CT molecular complexity index is 218. The van der Waals surface area contributed by atoms with Gasteiger partial charge < -0.3 is 9.88 Å². The van der Waals surface area contributed by atoms with Gasteiger partial charge in [-0.15, -0.1) is 10.2 Å². The maximum atomic E-state index is 3.91. The van der Waals surface area contributed by atoms with Crippen molar-refractivity contribution >= 4 is 5.95 Å². The third-order valence-corrected chi connectivity index (χ3v) is 1.70. The van der Waals surface area contributed by atoms with Gasteiger partial charge in [0.15, 0.2) is 0 Å². The summed E-state index contributed by atoms with van der Waals surface area (Å²) < 4.78 is 1.87. The number of hydrogen-bond acceptors (Lipinski definition) is 3. The minimum absolute atomic E-state index is 0.456. The molecule has 11 heavy (non-hydrogen) atoms. The Hall–Kier alpha value is -1.06. The zero-order valence-electron chi connectivity index (χ0n) is 7.20. The molecule has 1 heterocycles. The van der Waals surface area contributed by atoms with E-state index in [-0.39, 0.29) is 0 Å². The molecule has 4 heteroatoms. The van der Waals surface area contributed by atoms with Gasteiger partial charge in [-0.1, -0.05) is 6.92 Å². The number of aromatic nitrogens is 3. The van der Waals surface area contributed by atoms with E-state index in [9.17, 15) is 0 Å². The molecule has 0 aliphatic heterocycles. The van der Waals surface area contributed by atoms with Gasteiger partial charge in [0, 0.05) is 13.1 Å². The molecule has 1 rings (SSSR count). The van der Waals surface area contributed by atoms with Gasteiger partial charge in [0.2, 0.25) is 5.95 Å². The lowest BCUT2D eigenvalue weighted by Gasteiger charge is -2.10. The lowest BCUT2D eigenvalue weighted by Crippen LogP contribution is -2.16. The standard InChI is InChI=1S/C7H14N4/c1-4-6(2)9-7-10-8-5-11(7)3/h5-6H,4H2,1-3H3,(H,9,10). The van der Waals surface area contributed by atoms with Gasteiger partial charge in [0.05, 0.1) is 0 Å². The zero-order chi connectivity index (χ0) is 8.27. The Morgan fingerprint density at radius 1 is 1.73 bits per heavy atom. The summed E-state index contributed by atoms with van der Waals surface area (Å²) in [5, 5.41) is 10.9. The van der Waals surface area contributed by atoms with Crippen LogP contribution in [0, 0.1) is 0 Å². The highest BCUT2D eigenvalue weighted by molar-refractivity contribution is 5.23. The van der Waals surface area contributed by atoms with Crippen LogP contribution in [0.3, 0.4) is 0 Å². The molecular weight excluding hydrogens is 140 g/mol. The zero-order valence-corrected chi connectivity index (χ0v) is 7.20. The van der Waals surface area contributed by atoms with Crippen LogP contribution in [-0.4, -0.2) is 20.8 Å². The SMILES string of the molecule is CCC(C)Nc1nncn1C. The Balaban J connectivity index is 2.56. The highest BCUT2D eigenvalue weighted by atomic mass is 15.3. The van der Waals surface area contributed by atoms with Crippen LogP contribution in [0.2, 0.25) is 0 Å². The predicted molar refractivity (Wildman–Crippen MR) is 44.4 cm³/mol. The number of hydrogen-bond donors (Lipinski definition) is 1. The fraction of sp³-hybridized carbons (Fsp3) is 0.714. The lowest BCUT2D eigenvalue weighted by molar-refractivity contribution is 0.740. The van der Waals surface area contributed by atoms with Gasteiger partial charge in [-0.25, -0.2) is 0 Å². The van der Waals surface area contributed by atoms with Gasteiger partial charge in [-0.3, -0.25) is 0 Å². The van der Waals surface area contributed by atoms with Crippen molar-refractivity contribution in [1.29, 1.82) is 0 Å². The maximum absolute atomic E-state index is 3.91. The fourth-order valence-electron chi connectivity index (χ4n) is 0.736. The smallest absolute Gasteiger partial charge is 0.224 e. The molecule has 0 amide bonds. The monoisotopic (exact) mass is 154 g/mol. The van der Waals surface area contributed by atoms with Crippen molar-refractivity contribution in [2.75, 3.05) is 5.32 Å². The second-order valence-corrected chi connectivity index (χ2v) is 2.72. The van der Waals surface area contributed by atoms with Gasteiger partial charge in [0.25, 0.3) is 0 Å². The fourth-order valence-corrected chi connectivity index (χ4v) is 0.736. The molecule has 0 aliphatic carbocycles. The van der Waals surface area contributed by atoms with Crippen molar-refractivity contribution < 1.29 is 0 Å². The molecule has 1 aromatic heterocycles. The third kappa shape index (κ3) is 1.93. The van der Waals surface area contributed by atoms with E-state index in [1.165, 1.54) is 0 Å². The second kappa shape index (κ2) is 3.37. The summed E-state index contributed by atoms with van der Waals surface area (Å²) in [7, 11) is 1.92. The van der Waals surface area contributed by atoms with E-state index in [1.807, 2.05) is 11.6 Å². The first kappa shape index (κ1) is 8.04. The van der Waals surface area contributed by atoms with Crippen molar-refractivity contribution in [2.24, 2.45) is 7.05 Å². The van der Waals surface area contributed by atoms with Crippen LogP contribution < -0.4 is 5.32 Å². The molecule has 1 N–H and O–H groups in total. The molecule has 1 aromatic rings. The molecule has 62 valence electrons. The summed E-state index contributed by atoms with van der Waals surface area (Å²) in [6, 6.07) is 0.456. The van der Waals surface area contributed by atoms with Gasteiger partial charge >= 0.3 is 0 Å². The average Bonchev–Trinajstić information content (AvgIpc) is 2.37. The van der Waals surface area contributed by atoms with Crippen molar-refractivity contribution in [3.63, 3.8) is 0 Å². The van der Waals surface area contributed by atoms with E-state index < -0.39 is 0 Å². The summed E-state index contributed by atoms with van der Waals surface area (Å²) in [4.78, 5) is 0. The van der Waals surface area contributed by atoms with Crippen LogP contribution in [0.5, 0.6) is 0 Å². The van der Waals surface area contributed by atoms with E-state index in [0.717, 1.165) is 12.4 Å². The number of nitrogens with zero attached hydrogens (tertiary/aromatic N) is 3. The first-order valence-corrected chi connectivity index (χ1v) is 3.84. The normalized spacial score (nSPS) is 13.0. The maximum Gasteiger partial charge on any atom is 0.224 e. The molecule has 4 nitrogen and oxygen atoms in total. The molecule has 0 aliphatic rings. The molecule has 0 spiro atoms. The first-order valence-electron chi connectivity index (χ1n) is 3.84. The second-order valence-electron chi connectivity index (χ2n) is 2.72. The van der Waals surface area contributed by atoms with Gasteiger partial charge in [-0.05, 0) is 13.3 Å². The Labute approximate surface area is 66.6 Å². The van der Waals surface area contributed by atoms with E-state index >= 15 is 0 Å². The van der Waals surface area contributed by atoms with Crippen molar-refractivity contribution in [3.8, 4) is 0 Å². The van der Waals surface area contributed by atoms with Crippen molar-refractivity contribution in [2.45, 2.75) is 26.3 Å². The third-order valence-electron chi connectivity index (χ3n) is 1.70. The predicted octanol–water partition coefficient (Wildman–Crippen LogP) is 1.03. The van der Waals surface area contributed by atoms with E-state index in [4.69, 9.17) is 0 Å². The summed E-state index contributed by atoms with van der Waals surface area (Å²) >= 11 is 0. The van der Waals surface area contributed by atoms with Crippen molar-refractivity contribution in [1.82, 2.24) is 14.8 Å². The molecule has 1 unspecified atom stereocenters. The number of aryl methyl sites for hydroxylation is 1. The van der Waals surface area contributed by atoms with Gasteiger partial charge in [-0.2, -0.15) is 0 Å². The van der Waals surface area contributed by atoms with Crippen LogP contribution in [0.1, 0.15) is 20.3 Å². The summed E-state index contributed by atoms with van der Waals surface area (Å²) in [5.41, 5.74) is 0. The molecule has 1 atom stereocenters. The van der Waals surface area contributed by atoms with Crippen LogP contribution >= 0.6 is 0 Å². The summed E-state index contributed by atoms with van der Waals surface area (Å²) in [6.07, 6.45) is 2.78. The van der Waals surface area contributed by atoms with Gasteiger partial charge in [0.1, 0.15) is 6.33 Å². The Morgan fingerprint density at radius 3 is 2.91 bits per heavy atom. The summed E-state index contributed by atoms with van der Waals surface area (Å²) in [6.45, 7) is 4.25. The minimum atomic E-state index is 0.456. The minimum Gasteiger partial charge on any atom is -0.352 e. The van der Waals surface area contributed by atoms with E-state index in [1.54, 1.807) is 6.33 Å². The van der Waals surface area contributed by atoms with Crippen LogP contribution in [-0.2, 0) is 7.05 Å². The van der Waals surface area contributed by atoms with E-state index in [2.05, 4.69) is 29.4 Å². The average molecular weight is 154 g/mol. The Kier molecular flexibility index (Phi) is 2.46. The van der Waals surface area contributed by atoms with Crippen molar-refractivity contribution in [3.05, 3.63) is 6.33 Å². The van der Waals surface area contributed by atoms with Crippen LogP contribution in [0.4, 0.5) is 5.95 Å². The molecule has 0 saturated heterocycles. The van der Waals surface area contributed by atoms with Crippen LogP contribution in [0.25, 0.3) is 0 Å². The lowest BCUT2D eigenvalue weighted by atomic mass is 10.3. The molecule has 0 aromatic carbocycles. The van der Waals surface area contributed by atoms with E-state index in [0.29, 0.717) is 6.04 Å².